The van der Waals surface area contributed by atoms with Crippen LogP contribution >= 0.6 is 24.0 Å². The number of nitrogens with one attached hydrogen (secondary N) is 2. The van der Waals surface area contributed by atoms with Crippen LogP contribution in [0.25, 0.3) is 0 Å². The van der Waals surface area contributed by atoms with Crippen LogP contribution < -0.4 is 15.8 Å². The molecule has 0 aliphatic carbocycles. The van der Waals surface area contributed by atoms with Crippen molar-refractivity contribution in [3.63, 3.8) is 0 Å². The van der Waals surface area contributed by atoms with Crippen molar-refractivity contribution in [2.75, 3.05) is 19.6 Å². The van der Waals surface area contributed by atoms with Crippen molar-refractivity contribution in [3.05, 3.63) is 29.3 Å². The minimum atomic E-state index is -3.65. The van der Waals surface area contributed by atoms with E-state index in [0.29, 0.717) is 18.0 Å². The Morgan fingerprint density at radius 3 is 2.71 bits per heavy atom. The van der Waals surface area contributed by atoms with E-state index < -0.39 is 16.1 Å². The van der Waals surface area contributed by atoms with Crippen molar-refractivity contribution in [1.82, 2.24) is 10.0 Å². The molecule has 0 radical (unpaired) electrons. The van der Waals surface area contributed by atoms with Gasteiger partial charge in [0.25, 0.3) is 0 Å². The molecule has 0 aromatic heterocycles. The Hall–Kier alpha value is -0.900. The molecule has 1 aromatic carbocycles. The lowest BCUT2D eigenvalue weighted by atomic mass is 10.2. The molecule has 1 aliphatic heterocycles. The molecule has 7 nitrogen and oxygen atoms in total. The van der Waals surface area contributed by atoms with Gasteiger partial charge in [-0.3, -0.25) is 4.79 Å². The summed E-state index contributed by atoms with van der Waals surface area (Å²) in [5.41, 5.74) is 5.49. The highest BCUT2D eigenvalue weighted by molar-refractivity contribution is 7.89. The molecule has 1 aliphatic rings. The summed E-state index contributed by atoms with van der Waals surface area (Å²) in [4.78, 5) is 12.0. The fraction of sp³-hybridized carbons (Fsp3) is 0.500. The molecule has 1 aromatic rings. The van der Waals surface area contributed by atoms with Crippen molar-refractivity contribution in [2.45, 2.75) is 29.9 Å². The second-order valence-corrected chi connectivity index (χ2v) is 7.41. The molecule has 0 saturated carbocycles. The first-order valence-electron chi connectivity index (χ1n) is 7.31. The molecule has 4 N–H and O–H groups in total. The number of benzene rings is 1. The quantitative estimate of drug-likeness (QED) is 0.585. The lowest BCUT2D eigenvalue weighted by molar-refractivity contribution is -0.131. The van der Waals surface area contributed by atoms with Crippen molar-refractivity contribution in [2.24, 2.45) is 5.73 Å². The molecular weight excluding hydrogens is 377 g/mol. The maximum atomic E-state index is 12.0. The molecule has 10 heteroatoms. The van der Waals surface area contributed by atoms with E-state index in [0.717, 1.165) is 6.42 Å². The smallest absolute Gasteiger partial charge is 0.249 e. The number of halogens is 2. The number of hydrogen-bond acceptors (Lipinski definition) is 5. The number of sulfonamides is 1. The lowest BCUT2D eigenvalue weighted by Gasteiger charge is -2.13. The molecule has 136 valence electrons. The minimum Gasteiger partial charge on any atom is -0.364 e. The van der Waals surface area contributed by atoms with Gasteiger partial charge in [-0.05, 0) is 31.0 Å². The topological polar surface area (TPSA) is 111 Å². The van der Waals surface area contributed by atoms with E-state index in [1.807, 2.05) is 0 Å². The Labute approximate surface area is 152 Å². The summed E-state index contributed by atoms with van der Waals surface area (Å²) < 4.78 is 32.0. The molecule has 24 heavy (non-hydrogen) atoms. The first-order valence-corrected chi connectivity index (χ1v) is 9.17. The zero-order valence-corrected chi connectivity index (χ0v) is 15.3. The minimum absolute atomic E-state index is 0. The molecular formula is C14H21Cl2N3O4S. The van der Waals surface area contributed by atoms with Gasteiger partial charge >= 0.3 is 0 Å². The van der Waals surface area contributed by atoms with Gasteiger partial charge in [0.1, 0.15) is 6.10 Å². The molecule has 1 heterocycles. The predicted octanol–water partition coefficient (Wildman–Crippen LogP) is 0.663. The van der Waals surface area contributed by atoms with Crippen molar-refractivity contribution in [3.8, 4) is 0 Å². The summed E-state index contributed by atoms with van der Waals surface area (Å²) >= 11 is 5.78. The van der Waals surface area contributed by atoms with Gasteiger partial charge in [0, 0.05) is 24.7 Å². The number of carbonyl (C=O) groups excluding carboxylic acids is 1. The summed E-state index contributed by atoms with van der Waals surface area (Å²) in [5, 5.41) is 2.99. The van der Waals surface area contributed by atoms with Gasteiger partial charge in [-0.15, -0.1) is 12.4 Å². The van der Waals surface area contributed by atoms with E-state index >= 15 is 0 Å². The number of carbonyl (C=O) groups is 1. The largest absolute Gasteiger partial charge is 0.364 e. The highest BCUT2D eigenvalue weighted by Gasteiger charge is 2.29. The van der Waals surface area contributed by atoms with E-state index in [-0.39, 0.29) is 42.4 Å². The first kappa shape index (κ1) is 21.1. The number of ether oxygens (including phenoxy) is 1. The van der Waals surface area contributed by atoms with Crippen LogP contribution in [0.5, 0.6) is 0 Å². The predicted molar refractivity (Wildman–Crippen MR) is 93.8 cm³/mol. The normalized spacial score (nSPS) is 20.4. The number of amides is 1. The van der Waals surface area contributed by atoms with Gasteiger partial charge in [-0.1, -0.05) is 17.7 Å². The lowest BCUT2D eigenvalue weighted by Crippen LogP contribution is -2.40. The average Bonchev–Trinajstić information content (AvgIpc) is 3.00. The fourth-order valence-electron chi connectivity index (χ4n) is 2.27. The second-order valence-electron chi connectivity index (χ2n) is 5.21. The van der Waals surface area contributed by atoms with Crippen molar-refractivity contribution in [1.29, 1.82) is 0 Å². The Morgan fingerprint density at radius 1 is 1.33 bits per heavy atom. The monoisotopic (exact) mass is 397 g/mol. The molecule has 1 fully saturated rings. The third-order valence-electron chi connectivity index (χ3n) is 3.49. The van der Waals surface area contributed by atoms with Crippen LogP contribution in [0, 0.1) is 0 Å². The maximum Gasteiger partial charge on any atom is 0.249 e. The summed E-state index contributed by atoms with van der Waals surface area (Å²) in [6.45, 7) is 0.641. The van der Waals surface area contributed by atoms with Crippen LogP contribution in [0.2, 0.25) is 5.02 Å². The van der Waals surface area contributed by atoms with Gasteiger partial charge < -0.3 is 15.8 Å². The van der Waals surface area contributed by atoms with E-state index in [9.17, 15) is 13.2 Å². The number of nitrogens with two attached hydrogens (primary N) is 1. The Balaban J connectivity index is 0.00000288. The summed E-state index contributed by atoms with van der Waals surface area (Å²) in [6.07, 6.45) is 0.804. The summed E-state index contributed by atoms with van der Waals surface area (Å²) in [6, 6.07) is 5.97. The molecule has 2 atom stereocenters. The SMILES string of the molecule is Cl.NC[C@H]1CC[C@@H](C(=O)NCCNS(=O)(=O)c2cccc(Cl)c2)O1. The Morgan fingerprint density at radius 2 is 2.08 bits per heavy atom. The van der Waals surface area contributed by atoms with Crippen molar-refractivity contribution < 1.29 is 17.9 Å². The average molecular weight is 398 g/mol. The standard InChI is InChI=1S/C14H20ClN3O4S.ClH/c15-10-2-1-3-12(8-10)23(20,21)18-7-6-17-14(19)13-5-4-11(9-16)22-13;/h1-3,8,11,13,18H,4-7,9,16H2,(H,17,19);1H/t11-,13+;/m1./s1. The van der Waals surface area contributed by atoms with Gasteiger partial charge in [-0.25, -0.2) is 13.1 Å². The van der Waals surface area contributed by atoms with Gasteiger partial charge in [0.05, 0.1) is 11.0 Å². The van der Waals surface area contributed by atoms with Crippen molar-refractivity contribution >= 4 is 39.9 Å². The van der Waals surface area contributed by atoms with E-state index in [2.05, 4.69) is 10.0 Å². The molecule has 0 unspecified atom stereocenters. The third-order valence-corrected chi connectivity index (χ3v) is 5.18. The second kappa shape index (κ2) is 9.55. The molecule has 1 amide bonds. The van der Waals surface area contributed by atoms with Gasteiger partial charge in [0.15, 0.2) is 0 Å². The van der Waals surface area contributed by atoms with Crippen LogP contribution in [0.3, 0.4) is 0 Å². The third kappa shape index (κ3) is 5.87. The highest BCUT2D eigenvalue weighted by atomic mass is 35.5. The van der Waals surface area contributed by atoms with E-state index in [4.69, 9.17) is 22.1 Å². The van der Waals surface area contributed by atoms with Gasteiger partial charge in [-0.2, -0.15) is 0 Å². The molecule has 2 rings (SSSR count). The van der Waals surface area contributed by atoms with E-state index in [1.165, 1.54) is 12.1 Å². The number of hydrogen-bond donors (Lipinski definition) is 3. The van der Waals surface area contributed by atoms with Crippen LogP contribution in [-0.4, -0.2) is 46.2 Å². The van der Waals surface area contributed by atoms with Crippen LogP contribution in [0.1, 0.15) is 12.8 Å². The van der Waals surface area contributed by atoms with Crippen LogP contribution in [-0.2, 0) is 19.6 Å². The van der Waals surface area contributed by atoms with Gasteiger partial charge in [0.2, 0.25) is 15.9 Å². The summed E-state index contributed by atoms with van der Waals surface area (Å²) in [7, 11) is -3.65. The highest BCUT2D eigenvalue weighted by Crippen LogP contribution is 2.18. The molecule has 0 bridgehead atoms. The Kier molecular flexibility index (Phi) is 8.41. The fourth-order valence-corrected chi connectivity index (χ4v) is 3.61. The number of rotatable bonds is 7. The van der Waals surface area contributed by atoms with Crippen LogP contribution in [0.4, 0.5) is 0 Å². The van der Waals surface area contributed by atoms with E-state index in [1.54, 1.807) is 12.1 Å². The molecule has 0 spiro atoms. The zero-order chi connectivity index (χ0) is 16.9. The first-order chi connectivity index (χ1) is 10.9. The molecule has 1 saturated heterocycles. The zero-order valence-electron chi connectivity index (χ0n) is 12.9. The Bertz CT molecular complexity index is 657. The maximum absolute atomic E-state index is 12.0. The van der Waals surface area contributed by atoms with Crippen LogP contribution in [0.15, 0.2) is 29.2 Å². The summed E-state index contributed by atoms with van der Waals surface area (Å²) in [5.74, 6) is -0.247.